The maximum absolute atomic E-state index is 7.41. The first-order chi connectivity index (χ1) is 52.9. The van der Waals surface area contributed by atoms with E-state index in [1.165, 1.54) is 161 Å². The third-order valence-corrected chi connectivity index (χ3v) is 27.9. The second-order valence-electron chi connectivity index (χ2n) is 37.5. The average Bonchev–Trinajstić information content (AvgIpc) is 1.44. The van der Waals surface area contributed by atoms with Crippen molar-refractivity contribution in [3.63, 3.8) is 0 Å². The minimum absolute atomic E-state index is 0.0798. The maximum atomic E-state index is 7.41. The minimum Gasteiger partial charge on any atom is -0.456 e. The predicted molar refractivity (Wildman–Crippen MR) is 455 cm³/mol. The van der Waals surface area contributed by atoms with Gasteiger partial charge in [-0.05, 0) is 244 Å². The molecule has 2 heteroatoms. The molecule has 2 heterocycles. The van der Waals surface area contributed by atoms with E-state index in [4.69, 9.17) is 8.83 Å². The number of benzene rings is 14. The van der Waals surface area contributed by atoms with Crippen LogP contribution >= 0.6 is 0 Å². The second kappa shape index (κ2) is 21.8. The monoisotopic (exact) mass is 1420 g/mol. The van der Waals surface area contributed by atoms with E-state index in [-0.39, 0.29) is 27.1 Å². The number of furan rings is 2. The van der Waals surface area contributed by atoms with Gasteiger partial charge < -0.3 is 8.83 Å². The number of fused-ring (bicyclic) bond motifs is 38. The first kappa shape index (κ1) is 65.7. The number of hydrogen-bond donors (Lipinski definition) is 0. The summed E-state index contributed by atoms with van der Waals surface area (Å²) in [5.41, 5.74) is 38.6. The second-order valence-corrected chi connectivity index (χ2v) is 37.5. The summed E-state index contributed by atoms with van der Waals surface area (Å²) in [4.78, 5) is 0. The van der Waals surface area contributed by atoms with Crippen molar-refractivity contribution in [1.82, 2.24) is 0 Å². The summed E-state index contributed by atoms with van der Waals surface area (Å²) in [6, 6.07) is 112. The Bertz CT molecular complexity index is 6750. The van der Waals surface area contributed by atoms with Crippen molar-refractivity contribution in [1.29, 1.82) is 0 Å². The molecule has 0 radical (unpaired) electrons. The van der Waals surface area contributed by atoms with E-state index in [1.807, 2.05) is 0 Å². The van der Waals surface area contributed by atoms with E-state index in [2.05, 4.69) is 375 Å². The van der Waals surface area contributed by atoms with Gasteiger partial charge in [0.2, 0.25) is 0 Å². The first-order valence-electron chi connectivity index (χ1n) is 40.1. The van der Waals surface area contributed by atoms with Gasteiger partial charge in [0.05, 0.1) is 21.7 Å². The van der Waals surface area contributed by atoms with Gasteiger partial charge in [-0.25, -0.2) is 0 Å². The Balaban J connectivity index is 0.708. The number of hydrogen-bond acceptors (Lipinski definition) is 2. The van der Waals surface area contributed by atoms with Gasteiger partial charge >= 0.3 is 0 Å². The van der Waals surface area contributed by atoms with E-state index in [0.717, 1.165) is 56.7 Å². The largest absolute Gasteiger partial charge is 0.456 e. The molecule has 4 unspecified atom stereocenters. The summed E-state index contributed by atoms with van der Waals surface area (Å²) < 4.78 is 14.5. The lowest BCUT2D eigenvalue weighted by Crippen LogP contribution is -2.44. The van der Waals surface area contributed by atoms with E-state index >= 15 is 0 Å². The molecule has 4 spiro atoms. The van der Waals surface area contributed by atoms with Gasteiger partial charge in [-0.15, -0.1) is 0 Å². The highest BCUT2D eigenvalue weighted by atomic mass is 16.3. The smallest absolute Gasteiger partial charge is 0.135 e. The minimum atomic E-state index is -0.687. The van der Waals surface area contributed by atoms with Crippen molar-refractivity contribution >= 4 is 43.9 Å². The molecule has 0 saturated carbocycles. The summed E-state index contributed by atoms with van der Waals surface area (Å²) in [6.07, 6.45) is 1.91. The molecular weight excluding hydrogens is 1330 g/mol. The van der Waals surface area contributed by atoms with E-state index in [1.54, 1.807) is 0 Å². The molecule has 0 N–H and O–H groups in total. The zero-order valence-electron chi connectivity index (χ0n) is 65.4. The highest BCUT2D eigenvalue weighted by Crippen LogP contribution is 2.71. The Hall–Kier alpha value is -11.3. The Morgan fingerprint density at radius 2 is 0.445 bits per heavy atom. The van der Waals surface area contributed by atoms with Crippen LogP contribution in [0.3, 0.4) is 0 Å². The average molecular weight is 1420 g/mol. The first-order valence-corrected chi connectivity index (χ1v) is 40.1. The van der Waals surface area contributed by atoms with Crippen LogP contribution in [0.25, 0.3) is 88.4 Å². The summed E-state index contributed by atoms with van der Waals surface area (Å²) in [6.45, 7) is 31.2. The maximum Gasteiger partial charge on any atom is 0.135 e. The van der Waals surface area contributed by atoms with Crippen LogP contribution in [0.1, 0.15) is 220 Å². The third kappa shape index (κ3) is 8.24. The molecule has 0 bridgehead atoms. The lowest BCUT2D eigenvalue weighted by Gasteiger charge is -2.49. The lowest BCUT2D eigenvalue weighted by atomic mass is 9.52. The van der Waals surface area contributed by atoms with Crippen LogP contribution in [0.5, 0.6) is 0 Å². The van der Waals surface area contributed by atoms with Crippen LogP contribution < -0.4 is 0 Å². The van der Waals surface area contributed by atoms with Crippen molar-refractivity contribution in [2.75, 3.05) is 0 Å². The number of para-hydroxylation sites is 1. The van der Waals surface area contributed by atoms with E-state index in [9.17, 15) is 0 Å². The highest BCUT2D eigenvalue weighted by Gasteiger charge is 2.62. The van der Waals surface area contributed by atoms with Gasteiger partial charge in [-0.2, -0.15) is 0 Å². The summed E-state index contributed by atoms with van der Waals surface area (Å²) >= 11 is 0. The summed E-state index contributed by atoms with van der Waals surface area (Å²) in [5, 5.41) is 4.60. The lowest BCUT2D eigenvalue weighted by molar-refractivity contribution is 0.375. The summed E-state index contributed by atoms with van der Waals surface area (Å²) in [7, 11) is 0. The van der Waals surface area contributed by atoms with Crippen LogP contribution in [0.4, 0.5) is 0 Å². The molecule has 6 aliphatic carbocycles. The van der Waals surface area contributed by atoms with Crippen LogP contribution in [-0.4, -0.2) is 0 Å². The molecule has 534 valence electrons. The predicted octanol–water partition coefficient (Wildman–Crippen LogP) is 27.5. The van der Waals surface area contributed by atoms with Gasteiger partial charge in [-0.3, -0.25) is 0 Å². The van der Waals surface area contributed by atoms with Crippen molar-refractivity contribution in [3.05, 3.63) is 402 Å². The topological polar surface area (TPSA) is 26.3 Å². The highest BCUT2D eigenvalue weighted by molar-refractivity contribution is 6.09. The fourth-order valence-electron chi connectivity index (χ4n) is 22.3. The molecule has 14 aromatic carbocycles. The quantitative estimate of drug-likeness (QED) is 0.172. The fourth-order valence-corrected chi connectivity index (χ4v) is 22.3. The van der Waals surface area contributed by atoms with Crippen LogP contribution in [-0.2, 0) is 48.7 Å². The Labute approximate surface area is 646 Å². The molecule has 0 fully saturated rings. The van der Waals surface area contributed by atoms with Crippen LogP contribution in [0, 0.1) is 0 Å². The van der Waals surface area contributed by atoms with E-state index in [0.29, 0.717) is 0 Å². The molecule has 2 aromatic heterocycles. The molecule has 4 atom stereocenters. The molecule has 2 nitrogen and oxygen atoms in total. The fraction of sp³-hybridized carbons (Fsp3) is 0.222. The van der Waals surface area contributed by atoms with Crippen molar-refractivity contribution in [2.24, 2.45) is 0 Å². The molecule has 22 rings (SSSR count). The summed E-state index contributed by atoms with van der Waals surface area (Å²) in [5.74, 6) is 0. The molecular formula is C108H90O2. The van der Waals surface area contributed by atoms with Gasteiger partial charge in [-0.1, -0.05) is 333 Å². The van der Waals surface area contributed by atoms with Gasteiger partial charge in [0, 0.05) is 21.5 Å². The van der Waals surface area contributed by atoms with Gasteiger partial charge in [0.1, 0.15) is 22.3 Å². The van der Waals surface area contributed by atoms with Crippen LogP contribution in [0.2, 0.25) is 0 Å². The number of rotatable bonds is 5. The van der Waals surface area contributed by atoms with Crippen molar-refractivity contribution in [2.45, 2.75) is 152 Å². The molecule has 0 saturated heterocycles. The van der Waals surface area contributed by atoms with Gasteiger partial charge in [0.15, 0.2) is 0 Å². The van der Waals surface area contributed by atoms with Gasteiger partial charge in [0.25, 0.3) is 0 Å². The molecule has 0 aliphatic heterocycles. The Morgan fingerprint density at radius 1 is 0.191 bits per heavy atom. The van der Waals surface area contributed by atoms with E-state index < -0.39 is 21.7 Å². The van der Waals surface area contributed by atoms with Crippen molar-refractivity contribution < 1.29 is 8.83 Å². The molecule has 6 aliphatic rings. The SMILES string of the molecule is CC(C)(C)c1ccc2c(c1)C1(c3ccccc3-2)c2ccccc2C2(c3ccccc3-c3ccc(C(C)(C)CCC(C)(C)c4ccc5oc6cc7c(cc6c5c4)C4(c5ccccc5-c5ccc(C(C)(C)C)cc54)c4ccccc4C74c5ccccc5-c5ccc(C(C)(C)C)cc54)cc32)c2cc3c(cc21)oc1ccccc13. The Kier molecular flexibility index (Phi) is 13.0. The normalized spacial score (nSPS) is 19.4. The zero-order chi connectivity index (χ0) is 74.9. The molecule has 16 aromatic rings. The third-order valence-electron chi connectivity index (χ3n) is 27.9. The molecule has 110 heavy (non-hydrogen) atoms. The standard InChI is InChI=1S/C108H90O2/c1-100(2,3)63-42-47-72-68-28-14-19-33-80(68)105(88(72)55-63)84-37-23-25-39-86(84)108(83-36-22-17-30-70(83)74-49-44-65(57-90(74)108)102(7,8)9)95-62-99-79(60-93(95)105)77-54-66(46-51-97(77)110-99)103(10,11)52-53-104(12,13)67-45-50-75-71-31-15-20-34-81(71)106(91(75)58-67)85-38-24-26-40-87(85)107(94-61-98-78(59-92(94)106)76-32-18-27-41-96(76)109-98)82-35-21-16-29-69(82)73-48-43-64(56-89(73)107)101(4,5)6/h14-51,54-62H,52-53H2,1-13H3. The van der Waals surface area contributed by atoms with Crippen molar-refractivity contribution in [3.8, 4) is 44.5 Å². The zero-order valence-corrected chi connectivity index (χ0v) is 65.4. The molecule has 0 amide bonds. The van der Waals surface area contributed by atoms with Crippen LogP contribution in [0.15, 0.2) is 294 Å². The Morgan fingerprint density at radius 3 is 0.809 bits per heavy atom.